The number of likely N-dealkylation sites (N-methyl/N-ethyl adjacent to an activating group) is 1. The van der Waals surface area contributed by atoms with E-state index in [1.807, 2.05) is 19.9 Å². The van der Waals surface area contributed by atoms with Gasteiger partial charge in [0.05, 0.1) is 23.3 Å². The average molecular weight is 455 g/mol. The summed E-state index contributed by atoms with van der Waals surface area (Å²) in [5.74, 6) is 0.392. The van der Waals surface area contributed by atoms with Gasteiger partial charge in [0.15, 0.2) is 0 Å². The van der Waals surface area contributed by atoms with E-state index in [2.05, 4.69) is 31.1 Å². The molecule has 1 aromatic carbocycles. The number of anilines is 2. The lowest BCUT2D eigenvalue weighted by atomic mass is 10.3. The molecule has 0 aliphatic rings. The predicted octanol–water partition coefficient (Wildman–Crippen LogP) is 2.95. The van der Waals surface area contributed by atoms with Gasteiger partial charge in [-0.3, -0.25) is 4.79 Å². The molecule has 27 heavy (non-hydrogen) atoms. The van der Waals surface area contributed by atoms with Crippen molar-refractivity contribution < 1.29 is 13.2 Å². The Labute approximate surface area is 168 Å². The standard InChI is InChI=1S/C18H23BrN4O3S/c1-4-23(5-2)17-11-8-15(12-20-17)21-18(24)13-22(3)27(25,26)16-9-6-14(19)7-10-16/h6-12H,4-5,13H2,1-3H3,(H,21,24). The maximum absolute atomic E-state index is 12.5. The zero-order valence-corrected chi connectivity index (χ0v) is 17.9. The highest BCUT2D eigenvalue weighted by molar-refractivity contribution is 9.10. The van der Waals surface area contributed by atoms with Crippen molar-refractivity contribution in [3.8, 4) is 0 Å². The number of hydrogen-bond donors (Lipinski definition) is 1. The lowest BCUT2D eigenvalue weighted by Gasteiger charge is -2.20. The molecule has 1 N–H and O–H groups in total. The molecule has 0 fully saturated rings. The van der Waals surface area contributed by atoms with Gasteiger partial charge < -0.3 is 10.2 Å². The molecular formula is C18H23BrN4O3S. The number of aromatic nitrogens is 1. The molecule has 1 heterocycles. The molecule has 0 aliphatic carbocycles. The van der Waals surface area contributed by atoms with E-state index in [9.17, 15) is 13.2 Å². The Hall–Kier alpha value is -1.97. The lowest BCUT2D eigenvalue weighted by molar-refractivity contribution is -0.116. The van der Waals surface area contributed by atoms with E-state index in [1.54, 1.807) is 24.4 Å². The highest BCUT2D eigenvalue weighted by atomic mass is 79.9. The van der Waals surface area contributed by atoms with Crippen LogP contribution in [0.4, 0.5) is 11.5 Å². The number of carbonyl (C=O) groups excluding carboxylic acids is 1. The van der Waals surface area contributed by atoms with Crippen molar-refractivity contribution in [1.82, 2.24) is 9.29 Å². The van der Waals surface area contributed by atoms with Gasteiger partial charge >= 0.3 is 0 Å². The normalized spacial score (nSPS) is 11.4. The fourth-order valence-electron chi connectivity index (χ4n) is 2.47. The van der Waals surface area contributed by atoms with Crippen molar-refractivity contribution in [2.24, 2.45) is 0 Å². The van der Waals surface area contributed by atoms with E-state index in [0.717, 1.165) is 27.7 Å². The smallest absolute Gasteiger partial charge is 0.243 e. The van der Waals surface area contributed by atoms with Crippen LogP contribution in [0.15, 0.2) is 52.0 Å². The molecule has 0 bridgehead atoms. The quantitative estimate of drug-likeness (QED) is 0.662. The lowest BCUT2D eigenvalue weighted by Crippen LogP contribution is -2.35. The topological polar surface area (TPSA) is 82.6 Å². The summed E-state index contributed by atoms with van der Waals surface area (Å²) in [6.45, 7) is 5.48. The summed E-state index contributed by atoms with van der Waals surface area (Å²) in [5, 5.41) is 2.67. The van der Waals surface area contributed by atoms with Crippen LogP contribution in [0.5, 0.6) is 0 Å². The number of rotatable bonds is 8. The zero-order valence-electron chi connectivity index (χ0n) is 15.5. The van der Waals surface area contributed by atoms with Crippen LogP contribution in [-0.4, -0.2) is 50.3 Å². The first kappa shape index (κ1) is 21.3. The Morgan fingerprint density at radius 1 is 1.11 bits per heavy atom. The number of carbonyl (C=O) groups is 1. The SMILES string of the molecule is CCN(CC)c1ccc(NC(=O)CN(C)S(=O)(=O)c2ccc(Br)cc2)cn1. The van der Waals surface area contributed by atoms with Gasteiger partial charge in [0.2, 0.25) is 15.9 Å². The monoisotopic (exact) mass is 454 g/mol. The molecule has 0 atom stereocenters. The molecule has 0 spiro atoms. The van der Waals surface area contributed by atoms with Crippen molar-refractivity contribution in [3.05, 3.63) is 47.1 Å². The van der Waals surface area contributed by atoms with Gasteiger partial charge in [-0.15, -0.1) is 0 Å². The molecule has 2 rings (SSSR count). The largest absolute Gasteiger partial charge is 0.357 e. The van der Waals surface area contributed by atoms with Crippen LogP contribution in [0.25, 0.3) is 0 Å². The summed E-state index contributed by atoms with van der Waals surface area (Å²) >= 11 is 3.27. The Bertz CT molecular complexity index is 866. The van der Waals surface area contributed by atoms with Gasteiger partial charge in [-0.1, -0.05) is 15.9 Å². The number of pyridine rings is 1. The predicted molar refractivity (Wildman–Crippen MR) is 110 cm³/mol. The summed E-state index contributed by atoms with van der Waals surface area (Å²) in [6, 6.07) is 9.84. The van der Waals surface area contributed by atoms with E-state index < -0.39 is 15.9 Å². The molecule has 0 unspecified atom stereocenters. The van der Waals surface area contributed by atoms with Crippen LogP contribution in [0.3, 0.4) is 0 Å². The van der Waals surface area contributed by atoms with Gasteiger partial charge in [0.1, 0.15) is 5.82 Å². The minimum absolute atomic E-state index is 0.131. The Morgan fingerprint density at radius 2 is 1.74 bits per heavy atom. The molecule has 0 saturated carbocycles. The summed E-state index contributed by atoms with van der Waals surface area (Å²) in [5.41, 5.74) is 0.519. The van der Waals surface area contributed by atoms with Gasteiger partial charge in [-0.2, -0.15) is 4.31 Å². The maximum Gasteiger partial charge on any atom is 0.243 e. The van der Waals surface area contributed by atoms with E-state index in [4.69, 9.17) is 0 Å². The van der Waals surface area contributed by atoms with E-state index in [-0.39, 0.29) is 11.4 Å². The first-order valence-corrected chi connectivity index (χ1v) is 10.7. The Balaban J connectivity index is 2.01. The Morgan fingerprint density at radius 3 is 2.26 bits per heavy atom. The number of nitrogens with zero attached hydrogens (tertiary/aromatic N) is 3. The summed E-state index contributed by atoms with van der Waals surface area (Å²) in [7, 11) is -2.36. The third kappa shape index (κ3) is 5.50. The average Bonchev–Trinajstić information content (AvgIpc) is 2.64. The van der Waals surface area contributed by atoms with Gasteiger partial charge in [-0.05, 0) is 50.2 Å². The molecule has 9 heteroatoms. The minimum atomic E-state index is -3.74. The summed E-state index contributed by atoms with van der Waals surface area (Å²) in [6.07, 6.45) is 1.56. The van der Waals surface area contributed by atoms with Gasteiger partial charge in [0.25, 0.3) is 0 Å². The first-order chi connectivity index (χ1) is 12.8. The molecule has 0 radical (unpaired) electrons. The van der Waals surface area contributed by atoms with Crippen LogP contribution < -0.4 is 10.2 Å². The summed E-state index contributed by atoms with van der Waals surface area (Å²) < 4.78 is 26.9. The fourth-order valence-corrected chi connectivity index (χ4v) is 3.86. The molecule has 1 aromatic heterocycles. The van der Waals surface area contributed by atoms with E-state index >= 15 is 0 Å². The Kier molecular flexibility index (Phi) is 7.34. The van der Waals surface area contributed by atoms with Crippen molar-refractivity contribution in [1.29, 1.82) is 0 Å². The number of sulfonamides is 1. The fraction of sp³-hybridized carbons (Fsp3) is 0.333. The molecule has 2 aromatic rings. The van der Waals surface area contributed by atoms with E-state index in [1.165, 1.54) is 19.2 Å². The highest BCUT2D eigenvalue weighted by Gasteiger charge is 2.23. The van der Waals surface area contributed by atoms with Crippen LogP contribution >= 0.6 is 15.9 Å². The summed E-state index contributed by atoms with van der Waals surface area (Å²) in [4.78, 5) is 18.8. The second-order valence-electron chi connectivity index (χ2n) is 5.84. The van der Waals surface area contributed by atoms with Crippen LogP contribution in [0.2, 0.25) is 0 Å². The maximum atomic E-state index is 12.5. The second-order valence-corrected chi connectivity index (χ2v) is 8.80. The van der Waals surface area contributed by atoms with Crippen LogP contribution in [0, 0.1) is 0 Å². The number of hydrogen-bond acceptors (Lipinski definition) is 5. The number of halogens is 1. The molecule has 1 amide bonds. The number of nitrogens with one attached hydrogen (secondary N) is 1. The highest BCUT2D eigenvalue weighted by Crippen LogP contribution is 2.18. The minimum Gasteiger partial charge on any atom is -0.357 e. The van der Waals surface area contributed by atoms with Crippen molar-refractivity contribution in [2.75, 3.05) is 36.9 Å². The van der Waals surface area contributed by atoms with Crippen molar-refractivity contribution in [2.45, 2.75) is 18.7 Å². The number of amides is 1. The third-order valence-electron chi connectivity index (χ3n) is 4.01. The molecule has 7 nitrogen and oxygen atoms in total. The molecule has 0 saturated heterocycles. The van der Waals surface area contributed by atoms with Gasteiger partial charge in [0, 0.05) is 24.6 Å². The number of benzene rings is 1. The van der Waals surface area contributed by atoms with Crippen LogP contribution in [0.1, 0.15) is 13.8 Å². The third-order valence-corrected chi connectivity index (χ3v) is 6.35. The van der Waals surface area contributed by atoms with E-state index in [0.29, 0.717) is 5.69 Å². The van der Waals surface area contributed by atoms with Crippen molar-refractivity contribution in [3.63, 3.8) is 0 Å². The van der Waals surface area contributed by atoms with Crippen LogP contribution in [-0.2, 0) is 14.8 Å². The first-order valence-electron chi connectivity index (χ1n) is 8.50. The zero-order chi connectivity index (χ0) is 20.0. The molecule has 146 valence electrons. The molecule has 0 aliphatic heterocycles. The molecular weight excluding hydrogens is 432 g/mol. The van der Waals surface area contributed by atoms with Crippen molar-refractivity contribution >= 4 is 43.4 Å². The second kappa shape index (κ2) is 9.29. The van der Waals surface area contributed by atoms with Gasteiger partial charge in [-0.25, -0.2) is 13.4 Å².